The second-order valence-electron chi connectivity index (χ2n) is 5.65. The molecule has 2 N–H and O–H groups in total. The second kappa shape index (κ2) is 9.76. The summed E-state index contributed by atoms with van der Waals surface area (Å²) in [7, 11) is 0. The van der Waals surface area contributed by atoms with Crippen molar-refractivity contribution < 1.29 is 14.5 Å². The highest BCUT2D eigenvalue weighted by molar-refractivity contribution is 14.1. The van der Waals surface area contributed by atoms with Crippen LogP contribution in [0.4, 0.5) is 11.4 Å². The Balaban J connectivity index is 1.79. The predicted molar refractivity (Wildman–Crippen MR) is 111 cm³/mol. The summed E-state index contributed by atoms with van der Waals surface area (Å²) in [5.74, 6) is -0.691. The third kappa shape index (κ3) is 6.77. The molecule has 2 aromatic carbocycles. The molecule has 0 unspecified atom stereocenters. The maximum atomic E-state index is 12.0. The van der Waals surface area contributed by atoms with Crippen LogP contribution in [0.2, 0.25) is 0 Å². The molecule has 2 aromatic rings. The quantitative estimate of drug-likeness (QED) is 0.274. The van der Waals surface area contributed by atoms with Gasteiger partial charge in [0.1, 0.15) is 0 Å². The average Bonchev–Trinajstić information content (AvgIpc) is 2.62. The Kier molecular flexibility index (Phi) is 7.41. The molecule has 0 aliphatic rings. The lowest BCUT2D eigenvalue weighted by molar-refractivity contribution is -0.384. The summed E-state index contributed by atoms with van der Waals surface area (Å²) in [6.45, 7) is 1.90. The molecule has 8 nitrogen and oxygen atoms in total. The van der Waals surface area contributed by atoms with Crippen LogP contribution < -0.4 is 10.7 Å². The van der Waals surface area contributed by atoms with Crippen LogP contribution in [0, 0.1) is 20.6 Å². The van der Waals surface area contributed by atoms with Gasteiger partial charge in [-0.2, -0.15) is 5.10 Å². The van der Waals surface area contributed by atoms with Gasteiger partial charge in [-0.1, -0.05) is 12.1 Å². The summed E-state index contributed by atoms with van der Waals surface area (Å²) in [6, 6.07) is 11.5. The van der Waals surface area contributed by atoms with Crippen molar-refractivity contribution in [2.45, 2.75) is 19.8 Å². The third-order valence-electron chi connectivity index (χ3n) is 3.53. The fourth-order valence-corrected chi connectivity index (χ4v) is 2.81. The molecule has 0 aliphatic carbocycles. The molecular weight excluding hydrogens is 463 g/mol. The minimum Gasteiger partial charge on any atom is -0.326 e. The molecule has 0 saturated heterocycles. The van der Waals surface area contributed by atoms with Gasteiger partial charge in [-0.05, 0) is 53.3 Å². The standard InChI is InChI=1S/C18H17IN4O4/c1-12-9-14(19)5-6-16(12)21-17(24)7-8-18(25)22-20-11-13-3-2-4-15(10-13)23(26)27/h2-6,9-11H,7-8H2,1H3,(H,21,24)(H,22,25). The first-order valence-electron chi connectivity index (χ1n) is 7.97. The van der Waals surface area contributed by atoms with E-state index in [0.29, 0.717) is 11.3 Å². The monoisotopic (exact) mass is 480 g/mol. The van der Waals surface area contributed by atoms with Gasteiger partial charge in [0.05, 0.1) is 11.1 Å². The number of carbonyl (C=O) groups excluding carboxylic acids is 2. The molecular formula is C18H17IN4O4. The van der Waals surface area contributed by atoms with Crippen molar-refractivity contribution in [3.8, 4) is 0 Å². The highest BCUT2D eigenvalue weighted by Gasteiger charge is 2.08. The molecule has 0 aliphatic heterocycles. The van der Waals surface area contributed by atoms with Crippen molar-refractivity contribution >= 4 is 52.0 Å². The second-order valence-corrected chi connectivity index (χ2v) is 6.90. The average molecular weight is 480 g/mol. The summed E-state index contributed by atoms with van der Waals surface area (Å²) < 4.78 is 1.07. The summed E-state index contributed by atoms with van der Waals surface area (Å²) in [6.07, 6.45) is 1.30. The van der Waals surface area contributed by atoms with E-state index in [1.165, 1.54) is 24.4 Å². The maximum Gasteiger partial charge on any atom is 0.270 e. The molecule has 9 heteroatoms. The Morgan fingerprint density at radius 1 is 1.19 bits per heavy atom. The van der Waals surface area contributed by atoms with Crippen LogP contribution in [0.1, 0.15) is 24.0 Å². The fraction of sp³-hybridized carbons (Fsp3) is 0.167. The maximum absolute atomic E-state index is 12.0. The van der Waals surface area contributed by atoms with Crippen LogP contribution in [-0.2, 0) is 9.59 Å². The van der Waals surface area contributed by atoms with Crippen LogP contribution in [0.15, 0.2) is 47.6 Å². The lowest BCUT2D eigenvalue weighted by Gasteiger charge is -2.08. The zero-order valence-corrected chi connectivity index (χ0v) is 16.6. The van der Waals surface area contributed by atoms with Gasteiger partial charge < -0.3 is 5.32 Å². The number of hydrazone groups is 1. The van der Waals surface area contributed by atoms with Crippen molar-refractivity contribution in [2.24, 2.45) is 5.10 Å². The number of aryl methyl sites for hydroxylation is 1. The summed E-state index contributed by atoms with van der Waals surface area (Å²) >= 11 is 2.19. The fourth-order valence-electron chi connectivity index (χ4n) is 2.16. The number of nitro groups is 1. The molecule has 0 spiro atoms. The first-order chi connectivity index (χ1) is 12.8. The van der Waals surface area contributed by atoms with Gasteiger partial charge in [0.25, 0.3) is 5.69 Å². The molecule has 0 fully saturated rings. The van der Waals surface area contributed by atoms with E-state index >= 15 is 0 Å². The molecule has 0 atom stereocenters. The van der Waals surface area contributed by atoms with Crippen LogP contribution in [0.5, 0.6) is 0 Å². The van der Waals surface area contributed by atoms with Gasteiger partial charge in [0.2, 0.25) is 11.8 Å². The molecule has 27 heavy (non-hydrogen) atoms. The Morgan fingerprint density at radius 2 is 1.93 bits per heavy atom. The molecule has 0 saturated carbocycles. The van der Waals surface area contributed by atoms with Crippen LogP contribution in [0.25, 0.3) is 0 Å². The number of hydrogen-bond donors (Lipinski definition) is 2. The molecule has 0 aromatic heterocycles. The number of nitro benzene ring substituents is 1. The normalized spacial score (nSPS) is 10.6. The smallest absolute Gasteiger partial charge is 0.270 e. The number of rotatable bonds is 7. The Labute approximate surface area is 169 Å². The van der Waals surface area contributed by atoms with Crippen molar-refractivity contribution in [3.05, 3.63) is 67.3 Å². The lowest BCUT2D eigenvalue weighted by atomic mass is 10.2. The SMILES string of the molecule is Cc1cc(I)ccc1NC(=O)CCC(=O)NN=Cc1cccc([N+](=O)[O-])c1. The van der Waals surface area contributed by atoms with Crippen LogP contribution in [0.3, 0.4) is 0 Å². The van der Waals surface area contributed by atoms with E-state index in [9.17, 15) is 19.7 Å². The van der Waals surface area contributed by atoms with E-state index in [-0.39, 0.29) is 24.4 Å². The van der Waals surface area contributed by atoms with Crippen LogP contribution in [-0.4, -0.2) is 23.0 Å². The van der Waals surface area contributed by atoms with Gasteiger partial charge >= 0.3 is 0 Å². The highest BCUT2D eigenvalue weighted by Crippen LogP contribution is 2.18. The number of anilines is 1. The largest absolute Gasteiger partial charge is 0.326 e. The van der Waals surface area contributed by atoms with E-state index in [1.807, 2.05) is 25.1 Å². The summed E-state index contributed by atoms with van der Waals surface area (Å²) in [4.78, 5) is 33.9. The number of nitrogens with one attached hydrogen (secondary N) is 2. The third-order valence-corrected chi connectivity index (χ3v) is 4.20. The van der Waals surface area contributed by atoms with E-state index in [1.54, 1.807) is 6.07 Å². The molecule has 2 amide bonds. The minimum absolute atomic E-state index is 0.0174. The molecule has 0 radical (unpaired) electrons. The Hall–Kier alpha value is -2.82. The number of carbonyl (C=O) groups is 2. The van der Waals surface area contributed by atoms with Gasteiger partial charge in [-0.15, -0.1) is 0 Å². The van der Waals surface area contributed by atoms with Crippen molar-refractivity contribution in [3.63, 3.8) is 0 Å². The zero-order valence-electron chi connectivity index (χ0n) is 14.4. The van der Waals surface area contributed by atoms with Gasteiger partial charge in [-0.25, -0.2) is 5.43 Å². The zero-order chi connectivity index (χ0) is 19.8. The highest BCUT2D eigenvalue weighted by atomic mass is 127. The first kappa shape index (κ1) is 20.5. The summed E-state index contributed by atoms with van der Waals surface area (Å²) in [5.41, 5.74) is 4.38. The number of hydrogen-bond acceptors (Lipinski definition) is 5. The lowest BCUT2D eigenvalue weighted by Crippen LogP contribution is -2.20. The van der Waals surface area contributed by atoms with Crippen LogP contribution >= 0.6 is 22.6 Å². The minimum atomic E-state index is -0.510. The molecule has 0 heterocycles. The molecule has 2 rings (SSSR count). The Morgan fingerprint density at radius 3 is 2.63 bits per heavy atom. The number of benzene rings is 2. The number of halogens is 1. The van der Waals surface area contributed by atoms with Crippen molar-refractivity contribution in [1.82, 2.24) is 5.43 Å². The van der Waals surface area contributed by atoms with Gasteiger partial charge in [-0.3, -0.25) is 19.7 Å². The number of non-ortho nitro benzene ring substituents is 1. The van der Waals surface area contributed by atoms with E-state index in [2.05, 4.69) is 38.4 Å². The van der Waals surface area contributed by atoms with Gasteiger partial charge in [0, 0.05) is 39.8 Å². The van der Waals surface area contributed by atoms with Crippen molar-refractivity contribution in [2.75, 3.05) is 5.32 Å². The van der Waals surface area contributed by atoms with Gasteiger partial charge in [0.15, 0.2) is 0 Å². The summed E-state index contributed by atoms with van der Waals surface area (Å²) in [5, 5.41) is 17.2. The first-order valence-corrected chi connectivity index (χ1v) is 9.05. The number of amides is 2. The van der Waals surface area contributed by atoms with E-state index < -0.39 is 10.8 Å². The molecule has 0 bridgehead atoms. The van der Waals surface area contributed by atoms with Crippen molar-refractivity contribution in [1.29, 1.82) is 0 Å². The Bertz CT molecular complexity index is 899. The molecule has 140 valence electrons. The van der Waals surface area contributed by atoms with E-state index in [0.717, 1.165) is 9.13 Å². The predicted octanol–water partition coefficient (Wildman–Crippen LogP) is 3.38. The topological polar surface area (TPSA) is 114 Å². The van der Waals surface area contributed by atoms with E-state index in [4.69, 9.17) is 0 Å². The number of nitrogens with zero attached hydrogens (tertiary/aromatic N) is 2.